The van der Waals surface area contributed by atoms with E-state index in [1.54, 1.807) is 24.3 Å². The van der Waals surface area contributed by atoms with E-state index >= 15 is 0 Å². The highest BCUT2D eigenvalue weighted by Crippen LogP contribution is 2.56. The van der Waals surface area contributed by atoms with E-state index in [0.717, 1.165) is 12.3 Å². The van der Waals surface area contributed by atoms with Crippen molar-refractivity contribution in [1.82, 2.24) is 4.98 Å². The largest absolute Gasteiger partial charge is 0.483 e. The van der Waals surface area contributed by atoms with Gasteiger partial charge in [-0.1, -0.05) is 17.7 Å². The zero-order chi connectivity index (χ0) is 25.8. The normalized spacial score (nSPS) is 17.1. The van der Waals surface area contributed by atoms with Gasteiger partial charge in [-0.25, -0.2) is 13.8 Å². The number of rotatable bonds is 4. The van der Waals surface area contributed by atoms with E-state index in [9.17, 15) is 22.0 Å². The summed E-state index contributed by atoms with van der Waals surface area (Å²) < 4.78 is 65.2. The third-order valence-electron chi connectivity index (χ3n) is 5.47. The second kappa shape index (κ2) is 11.0. The summed E-state index contributed by atoms with van der Waals surface area (Å²) in [5, 5.41) is 7.21. The number of nitrogens with zero attached hydrogens (tertiary/aromatic N) is 1. The number of benzene rings is 2. The molecule has 0 aliphatic heterocycles. The highest BCUT2D eigenvalue weighted by Gasteiger charge is 2.45. The molecule has 3 aromatic rings. The van der Waals surface area contributed by atoms with Crippen LogP contribution in [-0.4, -0.2) is 22.7 Å². The fraction of sp³-hybridized carbons (Fsp3) is 0.280. The first-order valence-electron chi connectivity index (χ1n) is 10.5. The van der Waals surface area contributed by atoms with Gasteiger partial charge in [-0.2, -0.15) is 13.2 Å². The van der Waals surface area contributed by atoms with Crippen LogP contribution in [0.4, 0.5) is 22.0 Å². The number of pyridine rings is 1. The number of alkyl halides is 3. The van der Waals surface area contributed by atoms with Gasteiger partial charge < -0.3 is 9.84 Å². The fourth-order valence-electron chi connectivity index (χ4n) is 3.94. The lowest BCUT2D eigenvalue weighted by Crippen LogP contribution is -2.02. The zero-order valence-electron chi connectivity index (χ0n) is 18.5. The van der Waals surface area contributed by atoms with Crippen LogP contribution < -0.4 is 4.74 Å². The van der Waals surface area contributed by atoms with Crippen LogP contribution in [0.3, 0.4) is 0 Å². The van der Waals surface area contributed by atoms with Crippen molar-refractivity contribution in [2.24, 2.45) is 5.92 Å². The Morgan fingerprint density at radius 2 is 1.83 bits per heavy atom. The van der Waals surface area contributed by atoms with E-state index in [1.807, 2.05) is 12.3 Å². The molecule has 2 atom stereocenters. The van der Waals surface area contributed by atoms with Gasteiger partial charge in [0.15, 0.2) is 0 Å². The highest BCUT2D eigenvalue weighted by molar-refractivity contribution is 6.30. The molecule has 1 heterocycles. The summed E-state index contributed by atoms with van der Waals surface area (Å²) in [6, 6.07) is 10.9. The Morgan fingerprint density at radius 1 is 1.14 bits per heavy atom. The third kappa shape index (κ3) is 7.39. The second-order valence-corrected chi connectivity index (χ2v) is 8.57. The van der Waals surface area contributed by atoms with Crippen molar-refractivity contribution < 1.29 is 36.6 Å². The first kappa shape index (κ1) is 26.4. The van der Waals surface area contributed by atoms with E-state index in [2.05, 4.69) is 4.98 Å². The average Bonchev–Trinajstić information content (AvgIpc) is 3.43. The Kier molecular flexibility index (Phi) is 8.32. The molecule has 10 heteroatoms. The van der Waals surface area contributed by atoms with Crippen LogP contribution in [-0.2, 0) is 17.8 Å². The molecule has 5 rings (SSSR count). The predicted molar refractivity (Wildman–Crippen MR) is 120 cm³/mol. The van der Waals surface area contributed by atoms with E-state index in [1.165, 1.54) is 29.7 Å². The number of carbonyl (C=O) groups is 1. The molecule has 0 amide bonds. The van der Waals surface area contributed by atoms with Gasteiger partial charge >= 0.3 is 6.18 Å². The van der Waals surface area contributed by atoms with Crippen LogP contribution in [0, 0.1) is 17.6 Å². The quantitative estimate of drug-likeness (QED) is 0.296. The molecule has 0 spiro atoms. The molecule has 0 radical (unpaired) electrons. The molecule has 1 fully saturated rings. The Labute approximate surface area is 203 Å². The summed E-state index contributed by atoms with van der Waals surface area (Å²) in [6.45, 7) is -0.0273. The summed E-state index contributed by atoms with van der Waals surface area (Å²) in [4.78, 5) is 12.7. The Bertz CT molecular complexity index is 1200. The van der Waals surface area contributed by atoms with Crippen molar-refractivity contribution >= 4 is 18.1 Å². The molecule has 2 aromatic carbocycles. The highest BCUT2D eigenvalue weighted by atomic mass is 35.5. The number of fused-ring (bicyclic) bond motifs is 3. The maximum Gasteiger partial charge on any atom is 0.386 e. The van der Waals surface area contributed by atoms with Gasteiger partial charge in [0.05, 0.1) is 0 Å². The van der Waals surface area contributed by atoms with Gasteiger partial charge in [0.1, 0.15) is 18.2 Å². The minimum Gasteiger partial charge on any atom is -0.483 e. The number of hydrogen-bond donors (Lipinski definition) is 1. The van der Waals surface area contributed by atoms with Crippen molar-refractivity contribution in [1.29, 1.82) is 0 Å². The lowest BCUT2D eigenvalue weighted by molar-refractivity contribution is -0.122. The number of hydrogen-bond acceptors (Lipinski definition) is 3. The molecule has 186 valence electrons. The Hall–Kier alpha value is -3.20. The van der Waals surface area contributed by atoms with Gasteiger partial charge in [0.2, 0.25) is 5.88 Å². The van der Waals surface area contributed by atoms with Gasteiger partial charge in [0.25, 0.3) is 6.47 Å². The minimum atomic E-state index is -4.00. The molecule has 0 bridgehead atoms. The number of ether oxygens (including phenoxy) is 1. The second-order valence-electron chi connectivity index (χ2n) is 8.13. The average molecular weight is 514 g/mol. The monoisotopic (exact) mass is 513 g/mol. The molecular formula is C25H21ClF5NO3. The summed E-state index contributed by atoms with van der Waals surface area (Å²) >= 11 is 5.80. The van der Waals surface area contributed by atoms with Gasteiger partial charge in [-0.05, 0) is 71.7 Å². The topological polar surface area (TPSA) is 59.4 Å². The SMILES string of the molecule is CC(F)(F)F.Fc1ccc(-c2ccc(Cl)cc2F)cc1COc1cc2c(cn1)C1CC1C2.O=CO. The van der Waals surface area contributed by atoms with Crippen LogP contribution in [0.2, 0.25) is 5.02 Å². The van der Waals surface area contributed by atoms with Crippen LogP contribution in [0.15, 0.2) is 48.7 Å². The van der Waals surface area contributed by atoms with Gasteiger partial charge in [-0.3, -0.25) is 4.79 Å². The smallest absolute Gasteiger partial charge is 0.386 e. The van der Waals surface area contributed by atoms with Crippen LogP contribution >= 0.6 is 11.6 Å². The van der Waals surface area contributed by atoms with E-state index < -0.39 is 17.8 Å². The summed E-state index contributed by atoms with van der Waals surface area (Å²) in [7, 11) is 0. The molecule has 1 saturated carbocycles. The number of halogens is 6. The predicted octanol–water partition coefficient (Wildman–Crippen LogP) is 7.19. The summed E-state index contributed by atoms with van der Waals surface area (Å²) in [6.07, 6.45) is 0.241. The van der Waals surface area contributed by atoms with Crippen molar-refractivity contribution in [3.8, 4) is 17.0 Å². The summed E-state index contributed by atoms with van der Waals surface area (Å²) in [5.41, 5.74) is 3.92. The van der Waals surface area contributed by atoms with Crippen LogP contribution in [0.1, 0.15) is 36.0 Å². The van der Waals surface area contributed by atoms with Crippen molar-refractivity contribution in [2.75, 3.05) is 0 Å². The van der Waals surface area contributed by atoms with E-state index in [-0.39, 0.29) is 20.0 Å². The molecular weight excluding hydrogens is 493 g/mol. The molecule has 1 aromatic heterocycles. The molecule has 0 saturated heterocycles. The molecule has 2 aliphatic rings. The lowest BCUT2D eigenvalue weighted by atomic mass is 10.0. The fourth-order valence-corrected chi connectivity index (χ4v) is 4.10. The molecule has 1 N–H and O–H groups in total. The van der Waals surface area contributed by atoms with Gasteiger partial charge in [-0.15, -0.1) is 0 Å². The first-order valence-corrected chi connectivity index (χ1v) is 10.9. The first-order chi connectivity index (χ1) is 16.5. The van der Waals surface area contributed by atoms with Crippen LogP contribution in [0.25, 0.3) is 11.1 Å². The Balaban J connectivity index is 0.000000377. The molecule has 2 aliphatic carbocycles. The lowest BCUT2D eigenvalue weighted by Gasteiger charge is -2.11. The number of carboxylic acid groups (broad SMARTS) is 1. The minimum absolute atomic E-state index is 0.0352. The van der Waals surface area contributed by atoms with Crippen LogP contribution in [0.5, 0.6) is 5.88 Å². The molecule has 2 unspecified atom stereocenters. The Morgan fingerprint density at radius 3 is 2.49 bits per heavy atom. The third-order valence-corrected chi connectivity index (χ3v) is 5.70. The maximum atomic E-state index is 14.2. The zero-order valence-corrected chi connectivity index (χ0v) is 19.2. The van der Waals surface area contributed by atoms with Crippen molar-refractivity contribution in [3.63, 3.8) is 0 Å². The summed E-state index contributed by atoms with van der Waals surface area (Å²) in [5.74, 6) is 1.12. The molecule has 35 heavy (non-hydrogen) atoms. The van der Waals surface area contributed by atoms with E-state index in [0.29, 0.717) is 33.5 Å². The standard InChI is InChI=1S/C22H16ClF2NO.C2H3F3.CH2O2/c23-16-2-3-17(21(25)9-16)12-1-4-20(24)15(5-12)11-27-22-8-14-6-13-7-18(13)19(14)10-26-22;1-2(3,4)5;2-1-3/h1-5,8-10,13,18H,6-7,11H2;1H3;1H,(H,2,3). The maximum absolute atomic E-state index is 14.2. The molecule has 4 nitrogen and oxygen atoms in total. The van der Waals surface area contributed by atoms with Crippen molar-refractivity contribution in [2.45, 2.75) is 38.5 Å². The number of aromatic nitrogens is 1. The van der Waals surface area contributed by atoms with E-state index in [4.69, 9.17) is 26.2 Å². The van der Waals surface area contributed by atoms with Gasteiger partial charge in [0, 0.05) is 35.3 Å². The van der Waals surface area contributed by atoms with Crippen molar-refractivity contribution in [3.05, 3.63) is 82.0 Å².